The van der Waals surface area contributed by atoms with E-state index in [2.05, 4.69) is 5.43 Å². The molecule has 2 rings (SSSR count). The summed E-state index contributed by atoms with van der Waals surface area (Å²) in [5.74, 6) is 5.15. The summed E-state index contributed by atoms with van der Waals surface area (Å²) in [6, 6.07) is 9.77. The van der Waals surface area contributed by atoms with Gasteiger partial charge in [-0.05, 0) is 49.7 Å². The van der Waals surface area contributed by atoms with Gasteiger partial charge < -0.3 is 4.74 Å². The van der Waals surface area contributed by atoms with Crippen molar-refractivity contribution in [3.8, 4) is 5.75 Å². The van der Waals surface area contributed by atoms with Gasteiger partial charge in [-0.3, -0.25) is 5.84 Å². The lowest BCUT2D eigenvalue weighted by molar-refractivity contribution is 0.242. The molecule has 21 heavy (non-hydrogen) atoms. The largest absolute Gasteiger partial charge is 0.491 e. The fourth-order valence-corrected chi connectivity index (χ4v) is 2.14. The molecule has 0 amide bonds. The van der Waals surface area contributed by atoms with Crippen molar-refractivity contribution in [3.63, 3.8) is 0 Å². The summed E-state index contributed by atoms with van der Waals surface area (Å²) in [7, 11) is 0. The maximum absolute atomic E-state index is 13.9. The van der Waals surface area contributed by atoms with Crippen LogP contribution < -0.4 is 16.0 Å². The van der Waals surface area contributed by atoms with Crippen LogP contribution >= 0.6 is 0 Å². The first-order chi connectivity index (χ1) is 10.0. The fourth-order valence-electron chi connectivity index (χ4n) is 2.14. The highest BCUT2D eigenvalue weighted by molar-refractivity contribution is 5.37. The highest BCUT2D eigenvalue weighted by Gasteiger charge is 2.18. The molecule has 2 aromatic rings. The minimum absolute atomic E-state index is 0.0236. The van der Waals surface area contributed by atoms with Crippen molar-refractivity contribution in [3.05, 3.63) is 65.2 Å². The van der Waals surface area contributed by atoms with E-state index in [-0.39, 0.29) is 11.7 Å². The van der Waals surface area contributed by atoms with Crippen molar-refractivity contribution < 1.29 is 13.5 Å². The minimum atomic E-state index is -0.656. The van der Waals surface area contributed by atoms with Gasteiger partial charge in [0.05, 0.1) is 12.1 Å². The Balaban J connectivity index is 2.39. The van der Waals surface area contributed by atoms with Crippen molar-refractivity contribution >= 4 is 0 Å². The van der Waals surface area contributed by atoms with Gasteiger partial charge in [0.2, 0.25) is 0 Å². The maximum Gasteiger partial charge on any atom is 0.128 e. The van der Waals surface area contributed by atoms with E-state index in [0.717, 1.165) is 18.2 Å². The van der Waals surface area contributed by atoms with Gasteiger partial charge in [-0.15, -0.1) is 0 Å². The number of benzene rings is 2. The first-order valence-corrected chi connectivity index (χ1v) is 6.69. The van der Waals surface area contributed by atoms with Gasteiger partial charge >= 0.3 is 0 Å². The molecule has 2 aromatic carbocycles. The maximum atomic E-state index is 13.9. The Morgan fingerprint density at radius 3 is 2.52 bits per heavy atom. The average molecular weight is 292 g/mol. The van der Waals surface area contributed by atoms with Gasteiger partial charge in [0.25, 0.3) is 0 Å². The molecule has 1 atom stereocenters. The smallest absolute Gasteiger partial charge is 0.128 e. The molecule has 1 unspecified atom stereocenters. The van der Waals surface area contributed by atoms with Gasteiger partial charge in [0.1, 0.15) is 17.4 Å². The predicted octanol–water partition coefficient (Wildman–Crippen LogP) is 3.30. The van der Waals surface area contributed by atoms with Gasteiger partial charge in [0.15, 0.2) is 0 Å². The van der Waals surface area contributed by atoms with E-state index in [0.29, 0.717) is 11.3 Å². The number of hydrogen-bond acceptors (Lipinski definition) is 3. The summed E-state index contributed by atoms with van der Waals surface area (Å²) in [6.07, 6.45) is 0.0236. The number of nitrogens with one attached hydrogen (secondary N) is 1. The van der Waals surface area contributed by atoms with Crippen molar-refractivity contribution in [2.24, 2.45) is 5.84 Å². The molecule has 0 aliphatic rings. The highest BCUT2D eigenvalue weighted by Crippen LogP contribution is 2.27. The number of hydrazine groups is 1. The van der Waals surface area contributed by atoms with Crippen LogP contribution in [0.2, 0.25) is 0 Å². The van der Waals surface area contributed by atoms with Gasteiger partial charge in [-0.1, -0.05) is 12.1 Å². The van der Waals surface area contributed by atoms with Crippen LogP contribution in [0.15, 0.2) is 42.5 Å². The molecular formula is C16H18F2N2O. The summed E-state index contributed by atoms with van der Waals surface area (Å²) in [5.41, 5.74) is 3.37. The zero-order valence-electron chi connectivity index (χ0n) is 11.9. The Kier molecular flexibility index (Phi) is 4.88. The summed E-state index contributed by atoms with van der Waals surface area (Å²) < 4.78 is 32.9. The van der Waals surface area contributed by atoms with Crippen molar-refractivity contribution in [1.29, 1.82) is 0 Å². The Labute approximate surface area is 122 Å². The summed E-state index contributed by atoms with van der Waals surface area (Å²) in [4.78, 5) is 0. The van der Waals surface area contributed by atoms with Crippen LogP contribution in [0.4, 0.5) is 8.78 Å². The van der Waals surface area contributed by atoms with Crippen molar-refractivity contribution in [2.75, 3.05) is 0 Å². The second-order valence-corrected chi connectivity index (χ2v) is 5.00. The molecule has 112 valence electrons. The van der Waals surface area contributed by atoms with Gasteiger partial charge in [-0.2, -0.15) is 0 Å². The molecule has 0 spiro atoms. The molecule has 0 aliphatic heterocycles. The van der Waals surface area contributed by atoms with E-state index in [4.69, 9.17) is 10.6 Å². The fraction of sp³-hybridized carbons (Fsp3) is 0.250. The van der Waals surface area contributed by atoms with Crippen LogP contribution in [0.5, 0.6) is 5.75 Å². The van der Waals surface area contributed by atoms with Gasteiger partial charge in [-0.25, -0.2) is 14.2 Å². The molecule has 3 N–H and O–H groups in total. The van der Waals surface area contributed by atoms with E-state index >= 15 is 0 Å². The molecule has 0 heterocycles. The molecule has 0 saturated heterocycles. The topological polar surface area (TPSA) is 47.3 Å². The normalized spacial score (nSPS) is 12.5. The Morgan fingerprint density at radius 2 is 1.86 bits per heavy atom. The third-order valence-electron chi connectivity index (χ3n) is 3.00. The molecule has 5 heteroatoms. The number of nitrogens with two attached hydrogens (primary N) is 1. The monoisotopic (exact) mass is 292 g/mol. The predicted molar refractivity (Wildman–Crippen MR) is 77.7 cm³/mol. The van der Waals surface area contributed by atoms with Crippen LogP contribution in [-0.4, -0.2) is 6.10 Å². The van der Waals surface area contributed by atoms with E-state index in [9.17, 15) is 8.78 Å². The van der Waals surface area contributed by atoms with Crippen molar-refractivity contribution in [2.45, 2.75) is 26.0 Å². The molecule has 0 saturated carbocycles. The van der Waals surface area contributed by atoms with Crippen LogP contribution in [-0.2, 0) is 0 Å². The van der Waals surface area contributed by atoms with E-state index in [1.165, 1.54) is 0 Å². The summed E-state index contributed by atoms with van der Waals surface area (Å²) >= 11 is 0. The second kappa shape index (κ2) is 6.65. The lowest BCUT2D eigenvalue weighted by atomic mass is 9.98. The molecule has 3 nitrogen and oxygen atoms in total. The Morgan fingerprint density at radius 1 is 1.10 bits per heavy atom. The second-order valence-electron chi connectivity index (χ2n) is 5.00. The summed E-state index contributed by atoms with van der Waals surface area (Å²) in [6.45, 7) is 3.83. The Hall–Kier alpha value is -1.98. The first-order valence-electron chi connectivity index (χ1n) is 6.69. The molecule has 0 aliphatic carbocycles. The molecule has 0 aromatic heterocycles. The van der Waals surface area contributed by atoms with E-state index in [1.54, 1.807) is 24.3 Å². The molecule has 0 bridgehead atoms. The number of ether oxygens (including phenoxy) is 1. The van der Waals surface area contributed by atoms with Crippen LogP contribution in [0.25, 0.3) is 0 Å². The lowest BCUT2D eigenvalue weighted by Gasteiger charge is -2.19. The average Bonchev–Trinajstić information content (AvgIpc) is 2.43. The highest BCUT2D eigenvalue weighted by atomic mass is 19.1. The van der Waals surface area contributed by atoms with Crippen LogP contribution in [0.1, 0.15) is 31.0 Å². The lowest BCUT2D eigenvalue weighted by Crippen LogP contribution is -2.29. The van der Waals surface area contributed by atoms with E-state index < -0.39 is 17.7 Å². The molecular weight excluding hydrogens is 274 g/mol. The Bertz CT molecular complexity index is 617. The third-order valence-corrected chi connectivity index (χ3v) is 3.00. The number of rotatable bonds is 5. The number of hydrogen-bond donors (Lipinski definition) is 2. The number of halogens is 2. The zero-order valence-corrected chi connectivity index (χ0v) is 11.9. The minimum Gasteiger partial charge on any atom is -0.491 e. The first kappa shape index (κ1) is 15.4. The van der Waals surface area contributed by atoms with Gasteiger partial charge in [0, 0.05) is 5.56 Å². The SMILES string of the molecule is CC(C)Oc1cccc(C(NN)c2cc(F)ccc2F)c1. The van der Waals surface area contributed by atoms with Crippen LogP contribution in [0, 0.1) is 11.6 Å². The van der Waals surface area contributed by atoms with Crippen LogP contribution in [0.3, 0.4) is 0 Å². The van der Waals surface area contributed by atoms with E-state index in [1.807, 2.05) is 13.8 Å². The third kappa shape index (κ3) is 3.77. The van der Waals surface area contributed by atoms with Crippen molar-refractivity contribution in [1.82, 2.24) is 5.43 Å². The molecule has 0 radical (unpaired) electrons. The zero-order chi connectivity index (χ0) is 15.4. The quantitative estimate of drug-likeness (QED) is 0.656. The molecule has 0 fully saturated rings. The summed E-state index contributed by atoms with van der Waals surface area (Å²) in [5, 5.41) is 0. The standard InChI is InChI=1S/C16H18F2N2O/c1-10(2)21-13-5-3-4-11(8-13)16(20-19)14-9-12(17)6-7-15(14)18/h3-10,16,20H,19H2,1-2H3.